The van der Waals surface area contributed by atoms with E-state index >= 15 is 0 Å². The van der Waals surface area contributed by atoms with Crippen LogP contribution in [0.25, 0.3) is 22.9 Å². The van der Waals surface area contributed by atoms with E-state index in [2.05, 4.69) is 20.3 Å². The number of anilines is 1. The summed E-state index contributed by atoms with van der Waals surface area (Å²) in [5, 5.41) is 3.19. The van der Waals surface area contributed by atoms with Gasteiger partial charge in [0.2, 0.25) is 5.91 Å². The van der Waals surface area contributed by atoms with Crippen LogP contribution in [-0.2, 0) is 4.79 Å². The van der Waals surface area contributed by atoms with Gasteiger partial charge in [0.1, 0.15) is 11.4 Å². The summed E-state index contributed by atoms with van der Waals surface area (Å²) in [5.41, 5.74) is 2.02. The Bertz CT molecular complexity index is 975. The van der Waals surface area contributed by atoms with Crippen molar-refractivity contribution in [2.24, 2.45) is 0 Å². The SMILES string of the molecule is CCC(Sc1nc(-c2ccco2)c(-c2ccco2)[nH]1)C(=O)Nc1cccnc1. The molecule has 0 aliphatic carbocycles. The number of pyridine rings is 1. The number of H-pyrrole nitrogens is 1. The molecule has 0 saturated carbocycles. The lowest BCUT2D eigenvalue weighted by atomic mass is 10.2. The van der Waals surface area contributed by atoms with Gasteiger partial charge in [-0.05, 0) is 42.8 Å². The summed E-state index contributed by atoms with van der Waals surface area (Å²) in [6.45, 7) is 1.96. The van der Waals surface area contributed by atoms with Crippen LogP contribution in [-0.4, -0.2) is 26.1 Å². The summed E-state index contributed by atoms with van der Waals surface area (Å²) >= 11 is 1.36. The molecule has 7 nitrogen and oxygen atoms in total. The van der Waals surface area contributed by atoms with Gasteiger partial charge in [-0.1, -0.05) is 18.7 Å². The number of carbonyl (C=O) groups excluding carboxylic acids is 1. The zero-order chi connectivity index (χ0) is 19.3. The number of hydrogen-bond donors (Lipinski definition) is 2. The summed E-state index contributed by atoms with van der Waals surface area (Å²) in [7, 11) is 0. The first-order valence-corrected chi connectivity index (χ1v) is 9.68. The van der Waals surface area contributed by atoms with E-state index in [1.807, 2.05) is 25.1 Å². The van der Waals surface area contributed by atoms with Crippen LogP contribution in [0.15, 0.2) is 75.3 Å². The number of nitrogens with one attached hydrogen (secondary N) is 2. The van der Waals surface area contributed by atoms with Gasteiger partial charge in [-0.25, -0.2) is 4.98 Å². The Morgan fingerprint density at radius 2 is 1.96 bits per heavy atom. The number of imidazole rings is 1. The molecular weight excluding hydrogens is 376 g/mol. The monoisotopic (exact) mass is 394 g/mol. The number of rotatable bonds is 7. The van der Waals surface area contributed by atoms with Crippen LogP contribution in [0.1, 0.15) is 13.3 Å². The highest BCUT2D eigenvalue weighted by atomic mass is 32.2. The van der Waals surface area contributed by atoms with E-state index < -0.39 is 0 Å². The number of furan rings is 2. The molecule has 142 valence electrons. The highest BCUT2D eigenvalue weighted by Gasteiger charge is 2.23. The highest BCUT2D eigenvalue weighted by Crippen LogP contribution is 2.35. The van der Waals surface area contributed by atoms with Crippen molar-refractivity contribution < 1.29 is 13.6 Å². The first-order chi connectivity index (χ1) is 13.7. The maximum absolute atomic E-state index is 12.7. The van der Waals surface area contributed by atoms with E-state index in [0.717, 1.165) is 0 Å². The molecule has 0 saturated heterocycles. The fourth-order valence-electron chi connectivity index (χ4n) is 2.71. The standard InChI is InChI=1S/C20H18N4O3S/c1-2-16(19(25)22-13-6-3-9-21-12-13)28-20-23-17(14-7-4-10-26-14)18(24-20)15-8-5-11-27-15/h3-12,16H,2H2,1H3,(H,22,25)(H,23,24). The summed E-state index contributed by atoms with van der Waals surface area (Å²) in [4.78, 5) is 24.6. The van der Waals surface area contributed by atoms with Gasteiger partial charge in [-0.3, -0.25) is 9.78 Å². The Morgan fingerprint density at radius 3 is 2.61 bits per heavy atom. The van der Waals surface area contributed by atoms with Gasteiger partial charge < -0.3 is 19.1 Å². The molecule has 0 fully saturated rings. The molecule has 0 spiro atoms. The number of nitrogens with zero attached hydrogens (tertiary/aromatic N) is 2. The molecule has 4 aromatic rings. The summed E-state index contributed by atoms with van der Waals surface area (Å²) in [6.07, 6.45) is 7.12. The van der Waals surface area contributed by atoms with Crippen molar-refractivity contribution in [3.63, 3.8) is 0 Å². The van der Waals surface area contributed by atoms with Crippen molar-refractivity contribution >= 4 is 23.4 Å². The van der Waals surface area contributed by atoms with Crippen LogP contribution in [0.3, 0.4) is 0 Å². The number of aromatic amines is 1. The molecule has 1 amide bonds. The lowest BCUT2D eigenvalue weighted by molar-refractivity contribution is -0.115. The predicted molar refractivity (Wildman–Crippen MR) is 107 cm³/mol. The predicted octanol–water partition coefficient (Wildman–Crippen LogP) is 4.83. The van der Waals surface area contributed by atoms with Crippen LogP contribution >= 0.6 is 11.8 Å². The van der Waals surface area contributed by atoms with Crippen LogP contribution < -0.4 is 5.32 Å². The van der Waals surface area contributed by atoms with Gasteiger partial charge >= 0.3 is 0 Å². The molecule has 1 unspecified atom stereocenters. The Morgan fingerprint density at radius 1 is 1.18 bits per heavy atom. The average Bonchev–Trinajstić information content (AvgIpc) is 3.47. The minimum atomic E-state index is -0.319. The van der Waals surface area contributed by atoms with Crippen molar-refractivity contribution in [2.45, 2.75) is 23.8 Å². The first kappa shape index (κ1) is 18.1. The molecule has 2 N–H and O–H groups in total. The highest BCUT2D eigenvalue weighted by molar-refractivity contribution is 8.00. The fourth-order valence-corrected chi connectivity index (χ4v) is 3.62. The van der Waals surface area contributed by atoms with Gasteiger partial charge in [0.05, 0.1) is 29.7 Å². The third-order valence-corrected chi connectivity index (χ3v) is 5.30. The quantitative estimate of drug-likeness (QED) is 0.436. The van der Waals surface area contributed by atoms with Crippen molar-refractivity contribution in [3.8, 4) is 22.9 Å². The number of carbonyl (C=O) groups is 1. The van der Waals surface area contributed by atoms with Crippen LogP contribution in [0.2, 0.25) is 0 Å². The van der Waals surface area contributed by atoms with Crippen molar-refractivity contribution in [1.82, 2.24) is 15.0 Å². The van der Waals surface area contributed by atoms with Crippen molar-refractivity contribution in [2.75, 3.05) is 5.32 Å². The number of aromatic nitrogens is 3. The van der Waals surface area contributed by atoms with E-state index in [1.165, 1.54) is 11.8 Å². The number of thioether (sulfide) groups is 1. The molecule has 8 heteroatoms. The molecule has 28 heavy (non-hydrogen) atoms. The summed E-state index contributed by atoms with van der Waals surface area (Å²) in [5.74, 6) is 1.18. The van der Waals surface area contributed by atoms with E-state index in [0.29, 0.717) is 40.2 Å². The normalized spacial score (nSPS) is 12.0. The Kier molecular flexibility index (Phi) is 5.29. The van der Waals surface area contributed by atoms with Crippen LogP contribution in [0.4, 0.5) is 5.69 Å². The lowest BCUT2D eigenvalue weighted by Crippen LogP contribution is -2.24. The Hall–Kier alpha value is -3.26. The van der Waals surface area contributed by atoms with Crippen LogP contribution in [0.5, 0.6) is 0 Å². The van der Waals surface area contributed by atoms with Gasteiger partial charge in [-0.2, -0.15) is 0 Å². The molecule has 0 bridgehead atoms. The van der Waals surface area contributed by atoms with Gasteiger partial charge in [0.25, 0.3) is 0 Å². The van der Waals surface area contributed by atoms with Gasteiger partial charge in [0, 0.05) is 6.20 Å². The van der Waals surface area contributed by atoms with E-state index in [1.54, 1.807) is 43.1 Å². The third kappa shape index (κ3) is 3.86. The lowest BCUT2D eigenvalue weighted by Gasteiger charge is -2.13. The van der Waals surface area contributed by atoms with Crippen molar-refractivity contribution in [1.29, 1.82) is 0 Å². The fraction of sp³-hybridized carbons (Fsp3) is 0.150. The zero-order valence-corrected chi connectivity index (χ0v) is 15.9. The van der Waals surface area contributed by atoms with E-state index in [-0.39, 0.29) is 11.2 Å². The average molecular weight is 394 g/mol. The van der Waals surface area contributed by atoms with E-state index in [4.69, 9.17) is 8.83 Å². The molecule has 0 aliphatic rings. The topological polar surface area (TPSA) is 97.0 Å². The second kappa shape index (κ2) is 8.18. The molecule has 1 atom stereocenters. The maximum Gasteiger partial charge on any atom is 0.238 e. The van der Waals surface area contributed by atoms with Crippen molar-refractivity contribution in [3.05, 3.63) is 61.3 Å². The third-order valence-electron chi connectivity index (χ3n) is 4.05. The van der Waals surface area contributed by atoms with Crippen LogP contribution in [0, 0.1) is 0 Å². The molecule has 0 aliphatic heterocycles. The minimum absolute atomic E-state index is 0.101. The Balaban J connectivity index is 1.58. The second-order valence-electron chi connectivity index (χ2n) is 5.97. The smallest absolute Gasteiger partial charge is 0.238 e. The molecule has 4 heterocycles. The minimum Gasteiger partial charge on any atom is -0.463 e. The second-order valence-corrected chi connectivity index (χ2v) is 7.16. The summed E-state index contributed by atoms with van der Waals surface area (Å²) < 4.78 is 11.0. The summed E-state index contributed by atoms with van der Waals surface area (Å²) in [6, 6.07) is 10.9. The number of hydrogen-bond acceptors (Lipinski definition) is 6. The van der Waals surface area contributed by atoms with Gasteiger partial charge in [-0.15, -0.1) is 0 Å². The maximum atomic E-state index is 12.7. The zero-order valence-electron chi connectivity index (χ0n) is 15.1. The van der Waals surface area contributed by atoms with E-state index in [9.17, 15) is 4.79 Å². The van der Waals surface area contributed by atoms with Gasteiger partial charge in [0.15, 0.2) is 16.7 Å². The first-order valence-electron chi connectivity index (χ1n) is 8.80. The Labute approximate surface area is 165 Å². The molecular formula is C20H18N4O3S. The molecule has 0 aromatic carbocycles. The molecule has 0 radical (unpaired) electrons. The number of amides is 1. The largest absolute Gasteiger partial charge is 0.463 e. The molecule has 4 rings (SSSR count). The molecule has 4 aromatic heterocycles.